The van der Waals surface area contributed by atoms with Crippen LogP contribution in [0.25, 0.3) is 0 Å². The second kappa shape index (κ2) is 8.19. The normalized spacial score (nSPS) is 17.7. The molecule has 152 valence electrons. The van der Waals surface area contributed by atoms with Crippen molar-refractivity contribution in [3.63, 3.8) is 0 Å². The summed E-state index contributed by atoms with van der Waals surface area (Å²) in [5, 5.41) is 5.51. The number of nitrogens with zero attached hydrogens (tertiary/aromatic N) is 1. The number of hydrogen-bond acceptors (Lipinski definition) is 5. The number of alkyl halides is 5. The predicted molar refractivity (Wildman–Crippen MR) is 80.1 cm³/mol. The van der Waals surface area contributed by atoms with Crippen LogP contribution < -0.4 is 20.1 Å². The first-order chi connectivity index (χ1) is 12.5. The van der Waals surface area contributed by atoms with Crippen molar-refractivity contribution < 1.29 is 40.6 Å². The summed E-state index contributed by atoms with van der Waals surface area (Å²) in [6.45, 7) is -1.61. The number of ether oxygens (including phenoxy) is 2. The summed E-state index contributed by atoms with van der Waals surface area (Å²) in [5.74, 6) is -8.10. The smallest absolute Gasteiger partial charge is 0.456 e. The highest BCUT2D eigenvalue weighted by atomic mass is 19.4. The number of carbonyl (C=O) groups excluding carboxylic acids is 1. The van der Waals surface area contributed by atoms with Crippen LogP contribution in [0, 0.1) is 5.82 Å². The first-order valence-electron chi connectivity index (χ1n) is 7.87. The van der Waals surface area contributed by atoms with Crippen molar-refractivity contribution in [3.05, 3.63) is 17.4 Å². The van der Waals surface area contributed by atoms with Gasteiger partial charge in [0.2, 0.25) is 11.8 Å². The highest BCUT2D eigenvalue weighted by molar-refractivity contribution is 5.82. The van der Waals surface area contributed by atoms with Gasteiger partial charge in [-0.3, -0.25) is 4.79 Å². The highest BCUT2D eigenvalue weighted by Crippen LogP contribution is 2.36. The molecule has 1 aliphatic rings. The molecule has 0 bridgehead atoms. The van der Waals surface area contributed by atoms with Gasteiger partial charge in [-0.15, -0.1) is 0 Å². The van der Waals surface area contributed by atoms with E-state index in [2.05, 4.69) is 20.4 Å². The van der Waals surface area contributed by atoms with Crippen LogP contribution in [0.3, 0.4) is 0 Å². The van der Waals surface area contributed by atoms with Gasteiger partial charge < -0.3 is 20.1 Å². The van der Waals surface area contributed by atoms with Gasteiger partial charge in [-0.1, -0.05) is 0 Å². The van der Waals surface area contributed by atoms with Crippen molar-refractivity contribution in [1.29, 1.82) is 0 Å². The van der Waals surface area contributed by atoms with Crippen molar-refractivity contribution in [2.45, 2.75) is 37.5 Å². The molecule has 0 unspecified atom stereocenters. The zero-order valence-electron chi connectivity index (χ0n) is 14.1. The van der Waals surface area contributed by atoms with E-state index < -0.39 is 30.4 Å². The number of nitrogens with one attached hydrogen (secondary N) is 2. The maximum Gasteiger partial charge on any atom is 0.456 e. The number of hydrogen-bond donors (Lipinski definition) is 2. The van der Waals surface area contributed by atoms with Crippen LogP contribution in [-0.4, -0.2) is 49.3 Å². The van der Waals surface area contributed by atoms with Gasteiger partial charge in [-0.05, 0) is 25.5 Å². The Morgan fingerprint density at radius 3 is 2.59 bits per heavy atom. The topological polar surface area (TPSA) is 72.5 Å². The average Bonchev–Trinajstić information content (AvgIpc) is 3.12. The fourth-order valence-corrected chi connectivity index (χ4v) is 2.35. The molecule has 2 heterocycles. The van der Waals surface area contributed by atoms with E-state index >= 15 is 0 Å². The maximum atomic E-state index is 14.0. The summed E-state index contributed by atoms with van der Waals surface area (Å²) in [6, 6.07) is 0.413. The van der Waals surface area contributed by atoms with Gasteiger partial charge in [-0.2, -0.15) is 26.9 Å². The largest absolute Gasteiger partial charge is 0.481 e. The summed E-state index contributed by atoms with van der Waals surface area (Å²) in [5.41, 5.74) is 0.0660. The molecular weight excluding hydrogens is 384 g/mol. The van der Waals surface area contributed by atoms with Crippen LogP contribution in [0.2, 0.25) is 0 Å². The minimum Gasteiger partial charge on any atom is -0.481 e. The van der Waals surface area contributed by atoms with Crippen LogP contribution >= 0.6 is 0 Å². The van der Waals surface area contributed by atoms with E-state index in [1.165, 1.54) is 0 Å². The molecular formula is C15H17F6N3O3. The van der Waals surface area contributed by atoms with E-state index in [0.29, 0.717) is 13.0 Å². The molecule has 12 heteroatoms. The van der Waals surface area contributed by atoms with E-state index in [-0.39, 0.29) is 29.9 Å². The van der Waals surface area contributed by atoms with E-state index in [1.54, 1.807) is 0 Å². The third kappa shape index (κ3) is 5.15. The second-order valence-electron chi connectivity index (χ2n) is 5.80. The molecule has 1 saturated heterocycles. The quantitative estimate of drug-likeness (QED) is 0.686. The third-order valence-corrected chi connectivity index (χ3v) is 3.81. The van der Waals surface area contributed by atoms with E-state index in [9.17, 15) is 31.1 Å². The number of aromatic nitrogens is 1. The Hall–Kier alpha value is -2.24. The molecule has 0 saturated carbocycles. The molecule has 6 nitrogen and oxygen atoms in total. The van der Waals surface area contributed by atoms with Crippen molar-refractivity contribution in [3.8, 4) is 11.8 Å². The molecule has 2 rings (SSSR count). The predicted octanol–water partition coefficient (Wildman–Crippen LogP) is 2.17. The van der Waals surface area contributed by atoms with E-state index in [4.69, 9.17) is 4.74 Å². The molecule has 0 aromatic carbocycles. The molecule has 1 aliphatic heterocycles. The number of amides is 1. The third-order valence-electron chi connectivity index (χ3n) is 3.81. The Morgan fingerprint density at radius 2 is 2.04 bits per heavy atom. The minimum absolute atomic E-state index is 0.0660. The molecule has 1 amide bonds. The number of halogens is 6. The molecule has 0 aliphatic carbocycles. The van der Waals surface area contributed by atoms with Crippen molar-refractivity contribution in [2.75, 3.05) is 20.3 Å². The Labute approximate surface area is 150 Å². The summed E-state index contributed by atoms with van der Waals surface area (Å²) >= 11 is 0. The van der Waals surface area contributed by atoms with Gasteiger partial charge in [0.05, 0.1) is 13.2 Å². The lowest BCUT2D eigenvalue weighted by atomic mass is 10.2. The monoisotopic (exact) mass is 401 g/mol. The summed E-state index contributed by atoms with van der Waals surface area (Å²) in [4.78, 5) is 15.4. The molecule has 27 heavy (non-hydrogen) atoms. The lowest BCUT2D eigenvalue weighted by Gasteiger charge is -2.20. The summed E-state index contributed by atoms with van der Waals surface area (Å²) in [6.07, 6.45) is -4.35. The number of rotatable bonds is 7. The van der Waals surface area contributed by atoms with E-state index in [0.717, 1.165) is 19.6 Å². The molecule has 0 spiro atoms. The molecule has 0 radical (unpaired) electrons. The first-order valence-corrected chi connectivity index (χ1v) is 7.87. The van der Waals surface area contributed by atoms with Crippen LogP contribution in [0.4, 0.5) is 26.3 Å². The second-order valence-corrected chi connectivity index (χ2v) is 5.80. The lowest BCUT2D eigenvalue weighted by molar-refractivity contribution is -0.290. The lowest BCUT2D eigenvalue weighted by Crippen LogP contribution is -2.42. The van der Waals surface area contributed by atoms with Crippen molar-refractivity contribution >= 4 is 5.91 Å². The van der Waals surface area contributed by atoms with Gasteiger partial charge in [0.25, 0.3) is 5.88 Å². The zero-order chi connectivity index (χ0) is 20.2. The van der Waals surface area contributed by atoms with Gasteiger partial charge >= 0.3 is 12.1 Å². The maximum absolute atomic E-state index is 14.0. The Kier molecular flexibility index (Phi) is 6.39. The van der Waals surface area contributed by atoms with Gasteiger partial charge in [0.1, 0.15) is 0 Å². The number of carbonyl (C=O) groups is 1. The first kappa shape index (κ1) is 21.1. The standard InChI is InChI=1S/C15H17F6N3O3/c1-26-12-8(6-23-11(25)10-3-2-4-22-10)5-9(16)13(24-12)27-7-14(17,18)15(19,20)21/h5,10,22H,2-4,6-7H2,1H3,(H,23,25)/t10-/m0/s1. The Bertz CT molecular complexity index is 677. The van der Waals surface area contributed by atoms with Crippen LogP contribution in [0.1, 0.15) is 18.4 Å². The highest BCUT2D eigenvalue weighted by Gasteiger charge is 2.58. The van der Waals surface area contributed by atoms with Crippen LogP contribution in [0.5, 0.6) is 11.8 Å². The molecule has 1 atom stereocenters. The van der Waals surface area contributed by atoms with Gasteiger partial charge in [0, 0.05) is 12.1 Å². The van der Waals surface area contributed by atoms with Crippen molar-refractivity contribution in [1.82, 2.24) is 15.6 Å². The molecule has 1 fully saturated rings. The van der Waals surface area contributed by atoms with Crippen LogP contribution in [0.15, 0.2) is 6.07 Å². The molecule has 1 aromatic rings. The van der Waals surface area contributed by atoms with E-state index in [1.807, 2.05) is 0 Å². The summed E-state index contributed by atoms with van der Waals surface area (Å²) in [7, 11) is 1.14. The fraction of sp³-hybridized carbons (Fsp3) is 0.600. The average molecular weight is 401 g/mol. The molecule has 2 N–H and O–H groups in total. The fourth-order valence-electron chi connectivity index (χ4n) is 2.35. The van der Waals surface area contributed by atoms with Gasteiger partial charge in [-0.25, -0.2) is 4.39 Å². The van der Waals surface area contributed by atoms with Crippen LogP contribution in [-0.2, 0) is 11.3 Å². The Morgan fingerprint density at radius 1 is 1.33 bits per heavy atom. The minimum atomic E-state index is -5.84. The summed E-state index contributed by atoms with van der Waals surface area (Å²) < 4.78 is 85.2. The Balaban J connectivity index is 2.06. The van der Waals surface area contributed by atoms with Crippen molar-refractivity contribution in [2.24, 2.45) is 0 Å². The number of methoxy groups -OCH3 is 1. The molecule has 1 aromatic heterocycles. The number of pyridine rings is 1. The van der Waals surface area contributed by atoms with Gasteiger partial charge in [0.15, 0.2) is 12.4 Å². The zero-order valence-corrected chi connectivity index (χ0v) is 14.1. The SMILES string of the molecule is COc1nc(OCC(F)(F)C(F)(F)F)c(F)cc1CNC(=O)[C@@H]1CCCN1.